The molecule has 0 aliphatic heterocycles. The third-order valence-electron chi connectivity index (χ3n) is 4.51. The average Bonchev–Trinajstić information content (AvgIpc) is 2.72. The quantitative estimate of drug-likeness (QED) is 0.420. The van der Waals surface area contributed by atoms with Crippen molar-refractivity contribution in [1.29, 1.82) is 0 Å². The van der Waals surface area contributed by atoms with E-state index in [9.17, 15) is 4.79 Å². The van der Waals surface area contributed by atoms with Crippen LogP contribution in [0.15, 0.2) is 89.9 Å². The molecule has 28 heavy (non-hydrogen) atoms. The summed E-state index contributed by atoms with van der Waals surface area (Å²) in [5, 5.41) is 5.68. The van der Waals surface area contributed by atoms with Crippen molar-refractivity contribution in [2.45, 2.75) is 6.54 Å². The highest BCUT2D eigenvalue weighted by Gasteiger charge is 2.15. The summed E-state index contributed by atoms with van der Waals surface area (Å²) in [6.45, 7) is 0.404. The van der Waals surface area contributed by atoms with Gasteiger partial charge in [-0.2, -0.15) is 5.10 Å². The molecular weight excluding hydrogens is 391 g/mol. The van der Waals surface area contributed by atoms with E-state index in [0.717, 1.165) is 22.3 Å². The Kier molecular flexibility index (Phi) is 5.29. The second-order valence-corrected chi connectivity index (χ2v) is 7.27. The lowest BCUT2D eigenvalue weighted by Gasteiger charge is -2.13. The molecule has 0 radical (unpaired) electrons. The minimum atomic E-state index is -0.154. The summed E-state index contributed by atoms with van der Waals surface area (Å²) in [5.41, 5.74) is 3.88. The van der Waals surface area contributed by atoms with Crippen molar-refractivity contribution >= 4 is 23.2 Å². The Morgan fingerprint density at radius 1 is 0.750 bits per heavy atom. The fourth-order valence-electron chi connectivity index (χ4n) is 3.10. The summed E-state index contributed by atoms with van der Waals surface area (Å²) >= 11 is 12.1. The van der Waals surface area contributed by atoms with Gasteiger partial charge in [0.1, 0.15) is 0 Å². The number of nitrogens with zero attached hydrogens (tertiary/aromatic N) is 2. The van der Waals surface area contributed by atoms with Crippen molar-refractivity contribution in [3.63, 3.8) is 0 Å². The Hall–Kier alpha value is -2.88. The van der Waals surface area contributed by atoms with E-state index in [1.165, 1.54) is 4.68 Å². The van der Waals surface area contributed by atoms with Crippen molar-refractivity contribution < 1.29 is 0 Å². The van der Waals surface area contributed by atoms with Crippen LogP contribution in [0.1, 0.15) is 5.56 Å². The highest BCUT2D eigenvalue weighted by atomic mass is 35.5. The first-order valence-corrected chi connectivity index (χ1v) is 9.53. The molecule has 4 rings (SSSR count). The smallest absolute Gasteiger partial charge is 0.267 e. The summed E-state index contributed by atoms with van der Waals surface area (Å²) in [6, 6.07) is 24.4. The fraction of sp³-hybridized carbons (Fsp3) is 0.0435. The Bertz CT molecular complexity index is 1150. The topological polar surface area (TPSA) is 34.9 Å². The molecule has 0 aliphatic carbocycles. The molecule has 0 amide bonds. The van der Waals surface area contributed by atoms with Crippen LogP contribution in [-0.4, -0.2) is 9.78 Å². The van der Waals surface area contributed by atoms with E-state index in [2.05, 4.69) is 5.10 Å². The zero-order valence-corrected chi connectivity index (χ0v) is 16.4. The lowest BCUT2D eigenvalue weighted by atomic mass is 9.97. The van der Waals surface area contributed by atoms with Crippen LogP contribution >= 0.6 is 23.2 Å². The van der Waals surface area contributed by atoms with Gasteiger partial charge >= 0.3 is 0 Å². The average molecular weight is 407 g/mol. The Balaban J connectivity index is 1.89. The Morgan fingerprint density at radius 3 is 1.93 bits per heavy atom. The number of aromatic nitrogens is 2. The molecule has 138 valence electrons. The molecule has 0 N–H and O–H groups in total. The number of rotatable bonds is 4. The standard InChI is InChI=1S/C23H16Cl2N2O/c24-19-10-6-17(7-11-19)21-14-26-27(15-16-4-2-1-3-5-16)23(28)22(21)18-8-12-20(25)13-9-18/h1-14H,15H2. The highest BCUT2D eigenvalue weighted by molar-refractivity contribution is 6.31. The van der Waals surface area contributed by atoms with Crippen molar-refractivity contribution in [3.05, 3.63) is 111 Å². The zero-order chi connectivity index (χ0) is 19.5. The van der Waals surface area contributed by atoms with Crippen LogP contribution in [0.25, 0.3) is 22.3 Å². The largest absolute Gasteiger partial charge is 0.275 e. The SMILES string of the molecule is O=c1c(-c2ccc(Cl)cc2)c(-c2ccc(Cl)cc2)cnn1Cc1ccccc1. The van der Waals surface area contributed by atoms with Gasteiger partial charge < -0.3 is 0 Å². The third-order valence-corrected chi connectivity index (χ3v) is 5.01. The first-order chi connectivity index (χ1) is 13.6. The molecule has 4 aromatic rings. The van der Waals surface area contributed by atoms with Crippen LogP contribution in [0.2, 0.25) is 10.0 Å². The number of hydrogen-bond acceptors (Lipinski definition) is 2. The van der Waals surface area contributed by atoms with Crippen LogP contribution in [0.4, 0.5) is 0 Å². The van der Waals surface area contributed by atoms with Crippen LogP contribution < -0.4 is 5.56 Å². The molecule has 0 fully saturated rings. The van der Waals surface area contributed by atoms with Gasteiger partial charge in [-0.15, -0.1) is 0 Å². The van der Waals surface area contributed by atoms with Crippen molar-refractivity contribution in [3.8, 4) is 22.3 Å². The maximum atomic E-state index is 13.4. The van der Waals surface area contributed by atoms with Crippen LogP contribution in [0, 0.1) is 0 Å². The van der Waals surface area contributed by atoms with E-state index in [1.807, 2.05) is 54.6 Å². The van der Waals surface area contributed by atoms with Gasteiger partial charge in [-0.3, -0.25) is 4.79 Å². The monoisotopic (exact) mass is 406 g/mol. The van der Waals surface area contributed by atoms with Gasteiger partial charge in [-0.1, -0.05) is 77.8 Å². The summed E-state index contributed by atoms with van der Waals surface area (Å²) in [6.07, 6.45) is 1.73. The van der Waals surface area contributed by atoms with Gasteiger partial charge in [-0.05, 0) is 41.0 Å². The first-order valence-electron chi connectivity index (χ1n) is 8.78. The number of hydrogen-bond donors (Lipinski definition) is 0. The minimum Gasteiger partial charge on any atom is -0.267 e. The summed E-state index contributed by atoms with van der Waals surface area (Å²) in [4.78, 5) is 13.4. The molecule has 1 heterocycles. The van der Waals surface area contributed by atoms with Gasteiger partial charge in [-0.25, -0.2) is 4.68 Å². The lowest BCUT2D eigenvalue weighted by molar-refractivity contribution is 0.642. The van der Waals surface area contributed by atoms with Gasteiger partial charge in [0.15, 0.2) is 0 Å². The molecule has 0 saturated carbocycles. The molecule has 0 unspecified atom stereocenters. The first kappa shape index (κ1) is 18.5. The minimum absolute atomic E-state index is 0.154. The van der Waals surface area contributed by atoms with Crippen LogP contribution in [0.5, 0.6) is 0 Å². The van der Waals surface area contributed by atoms with Gasteiger partial charge in [0.2, 0.25) is 0 Å². The van der Waals surface area contributed by atoms with Crippen molar-refractivity contribution in [2.75, 3.05) is 0 Å². The predicted octanol–water partition coefficient (Wildman–Crippen LogP) is 5.93. The predicted molar refractivity (Wildman–Crippen MR) is 115 cm³/mol. The van der Waals surface area contributed by atoms with Gasteiger partial charge in [0.05, 0.1) is 18.3 Å². The maximum absolute atomic E-state index is 13.4. The second-order valence-electron chi connectivity index (χ2n) is 6.40. The number of halogens is 2. The zero-order valence-electron chi connectivity index (χ0n) is 14.8. The molecule has 0 bridgehead atoms. The lowest BCUT2D eigenvalue weighted by Crippen LogP contribution is -2.25. The van der Waals surface area contributed by atoms with Crippen molar-refractivity contribution in [2.24, 2.45) is 0 Å². The highest BCUT2D eigenvalue weighted by Crippen LogP contribution is 2.30. The van der Waals surface area contributed by atoms with E-state index >= 15 is 0 Å². The molecule has 3 aromatic carbocycles. The molecule has 5 heteroatoms. The molecule has 3 nitrogen and oxygen atoms in total. The molecule has 0 saturated heterocycles. The van der Waals surface area contributed by atoms with E-state index < -0.39 is 0 Å². The van der Waals surface area contributed by atoms with E-state index in [4.69, 9.17) is 23.2 Å². The number of benzene rings is 3. The summed E-state index contributed by atoms with van der Waals surface area (Å²) in [5.74, 6) is 0. The molecule has 0 atom stereocenters. The summed E-state index contributed by atoms with van der Waals surface area (Å²) < 4.78 is 1.48. The summed E-state index contributed by atoms with van der Waals surface area (Å²) in [7, 11) is 0. The maximum Gasteiger partial charge on any atom is 0.275 e. The van der Waals surface area contributed by atoms with Crippen LogP contribution in [-0.2, 0) is 6.54 Å². The van der Waals surface area contributed by atoms with Crippen molar-refractivity contribution in [1.82, 2.24) is 9.78 Å². The fourth-order valence-corrected chi connectivity index (χ4v) is 3.35. The molecule has 0 spiro atoms. The van der Waals surface area contributed by atoms with Gasteiger partial charge in [0, 0.05) is 15.6 Å². The van der Waals surface area contributed by atoms with E-state index in [0.29, 0.717) is 22.2 Å². The molecule has 1 aromatic heterocycles. The second kappa shape index (κ2) is 8.01. The van der Waals surface area contributed by atoms with Gasteiger partial charge in [0.25, 0.3) is 5.56 Å². The Labute approximate surface area is 172 Å². The normalized spacial score (nSPS) is 10.8. The Morgan fingerprint density at radius 2 is 1.32 bits per heavy atom. The molecular formula is C23H16Cl2N2O. The van der Waals surface area contributed by atoms with E-state index in [-0.39, 0.29) is 5.56 Å². The molecule has 0 aliphatic rings. The third kappa shape index (κ3) is 3.86. The van der Waals surface area contributed by atoms with Crippen LogP contribution in [0.3, 0.4) is 0 Å². The van der Waals surface area contributed by atoms with E-state index in [1.54, 1.807) is 30.5 Å².